The Hall–Kier alpha value is -3.15. The Bertz CT molecular complexity index is 831. The van der Waals surface area contributed by atoms with Gasteiger partial charge in [-0.3, -0.25) is 4.79 Å². The molecule has 0 aliphatic rings. The maximum atomic E-state index is 11.9. The molecule has 0 aliphatic carbocycles. The summed E-state index contributed by atoms with van der Waals surface area (Å²) in [5.41, 5.74) is 1.88. The standard InChI is InChI=1S/C19H19N3O3/c1-24-16-10-6-5-9-15(16)19-21-18(25-22-19)13-20-17(23)12-11-14-7-3-2-4-8-14/h2-10H,11-13H2,1H3,(H,20,23). The Morgan fingerprint density at radius 3 is 2.68 bits per heavy atom. The molecule has 6 nitrogen and oxygen atoms in total. The van der Waals surface area contributed by atoms with Crippen LogP contribution in [0.15, 0.2) is 59.1 Å². The molecule has 0 fully saturated rings. The van der Waals surface area contributed by atoms with Crippen molar-refractivity contribution in [2.45, 2.75) is 19.4 Å². The Morgan fingerprint density at radius 2 is 1.88 bits per heavy atom. The number of carbonyl (C=O) groups excluding carboxylic acids is 1. The lowest BCUT2D eigenvalue weighted by atomic mass is 10.1. The Kier molecular flexibility index (Phi) is 5.41. The van der Waals surface area contributed by atoms with Gasteiger partial charge in [-0.25, -0.2) is 0 Å². The van der Waals surface area contributed by atoms with E-state index in [1.165, 1.54) is 0 Å². The minimum atomic E-state index is -0.0547. The monoisotopic (exact) mass is 337 g/mol. The van der Waals surface area contributed by atoms with Crippen LogP contribution < -0.4 is 10.1 Å². The van der Waals surface area contributed by atoms with E-state index in [0.29, 0.717) is 30.3 Å². The topological polar surface area (TPSA) is 77.3 Å². The minimum Gasteiger partial charge on any atom is -0.496 e. The molecule has 25 heavy (non-hydrogen) atoms. The number of hydrogen-bond acceptors (Lipinski definition) is 5. The number of hydrogen-bond donors (Lipinski definition) is 1. The fraction of sp³-hybridized carbons (Fsp3) is 0.211. The highest BCUT2D eigenvalue weighted by molar-refractivity contribution is 5.76. The van der Waals surface area contributed by atoms with Crippen LogP contribution in [0.2, 0.25) is 0 Å². The molecule has 0 unspecified atom stereocenters. The predicted molar refractivity (Wildman–Crippen MR) is 92.9 cm³/mol. The third-order valence-corrected chi connectivity index (χ3v) is 3.74. The summed E-state index contributed by atoms with van der Waals surface area (Å²) in [6.45, 7) is 0.204. The molecule has 128 valence electrons. The van der Waals surface area contributed by atoms with Gasteiger partial charge in [0.15, 0.2) is 0 Å². The number of amides is 1. The molecule has 0 radical (unpaired) electrons. The number of nitrogens with zero attached hydrogens (tertiary/aromatic N) is 2. The van der Waals surface area contributed by atoms with Crippen molar-refractivity contribution < 1.29 is 14.1 Å². The van der Waals surface area contributed by atoms with Crippen molar-refractivity contribution in [3.05, 3.63) is 66.1 Å². The van der Waals surface area contributed by atoms with Crippen LogP contribution in [0.25, 0.3) is 11.4 Å². The van der Waals surface area contributed by atoms with Gasteiger partial charge in [0.2, 0.25) is 17.6 Å². The first-order chi connectivity index (χ1) is 12.3. The van der Waals surface area contributed by atoms with Crippen LogP contribution in [0.5, 0.6) is 5.75 Å². The van der Waals surface area contributed by atoms with Crippen molar-refractivity contribution in [1.82, 2.24) is 15.5 Å². The van der Waals surface area contributed by atoms with Crippen LogP contribution in [-0.4, -0.2) is 23.2 Å². The number of ether oxygens (including phenoxy) is 1. The summed E-state index contributed by atoms with van der Waals surface area (Å²) >= 11 is 0. The highest BCUT2D eigenvalue weighted by atomic mass is 16.5. The maximum absolute atomic E-state index is 11.9. The zero-order valence-electron chi connectivity index (χ0n) is 13.9. The highest BCUT2D eigenvalue weighted by Gasteiger charge is 2.13. The molecule has 0 saturated heterocycles. The van der Waals surface area contributed by atoms with E-state index in [4.69, 9.17) is 9.26 Å². The van der Waals surface area contributed by atoms with Crippen molar-refractivity contribution in [2.24, 2.45) is 0 Å². The molecule has 1 heterocycles. The van der Waals surface area contributed by atoms with E-state index in [-0.39, 0.29) is 12.5 Å². The number of aromatic nitrogens is 2. The highest BCUT2D eigenvalue weighted by Crippen LogP contribution is 2.26. The second kappa shape index (κ2) is 8.10. The third-order valence-electron chi connectivity index (χ3n) is 3.74. The van der Waals surface area contributed by atoms with Crippen molar-refractivity contribution in [2.75, 3.05) is 7.11 Å². The number of para-hydroxylation sites is 1. The lowest BCUT2D eigenvalue weighted by Crippen LogP contribution is -2.23. The molecule has 1 aromatic heterocycles. The Balaban J connectivity index is 1.54. The van der Waals surface area contributed by atoms with E-state index >= 15 is 0 Å². The molecule has 0 bridgehead atoms. The van der Waals surface area contributed by atoms with Gasteiger partial charge >= 0.3 is 0 Å². The van der Waals surface area contributed by atoms with Gasteiger partial charge in [0, 0.05) is 6.42 Å². The fourth-order valence-electron chi connectivity index (χ4n) is 2.43. The first-order valence-corrected chi connectivity index (χ1v) is 8.03. The zero-order valence-corrected chi connectivity index (χ0v) is 13.9. The van der Waals surface area contributed by atoms with Gasteiger partial charge in [0.25, 0.3) is 0 Å². The molecule has 1 amide bonds. The van der Waals surface area contributed by atoms with E-state index < -0.39 is 0 Å². The summed E-state index contributed by atoms with van der Waals surface area (Å²) in [5.74, 6) is 1.41. The Labute approximate surface area is 145 Å². The van der Waals surface area contributed by atoms with Crippen LogP contribution in [0.4, 0.5) is 0 Å². The first-order valence-electron chi connectivity index (χ1n) is 8.03. The molecule has 0 aliphatic heterocycles. The molecular formula is C19H19N3O3. The smallest absolute Gasteiger partial charge is 0.246 e. The first kappa shape index (κ1) is 16.7. The molecule has 1 N–H and O–H groups in total. The summed E-state index contributed by atoms with van der Waals surface area (Å²) < 4.78 is 10.5. The SMILES string of the molecule is COc1ccccc1-c1noc(CNC(=O)CCc2ccccc2)n1. The molecule has 0 spiro atoms. The van der Waals surface area contributed by atoms with Crippen molar-refractivity contribution in [3.63, 3.8) is 0 Å². The average molecular weight is 337 g/mol. The van der Waals surface area contributed by atoms with E-state index in [0.717, 1.165) is 11.1 Å². The second-order valence-corrected chi connectivity index (χ2v) is 5.47. The number of carbonyl (C=O) groups is 1. The van der Waals surface area contributed by atoms with Gasteiger partial charge in [-0.2, -0.15) is 4.98 Å². The molecule has 3 rings (SSSR count). The summed E-state index contributed by atoms with van der Waals surface area (Å²) in [5, 5.41) is 6.75. The molecule has 0 atom stereocenters. The molecule has 0 saturated carbocycles. The molecule has 2 aromatic carbocycles. The number of nitrogens with one attached hydrogen (secondary N) is 1. The largest absolute Gasteiger partial charge is 0.496 e. The Morgan fingerprint density at radius 1 is 1.12 bits per heavy atom. The summed E-state index contributed by atoms with van der Waals surface area (Å²) in [7, 11) is 1.59. The molecule has 6 heteroatoms. The normalized spacial score (nSPS) is 10.4. The number of benzene rings is 2. The maximum Gasteiger partial charge on any atom is 0.246 e. The van der Waals surface area contributed by atoms with E-state index in [1.54, 1.807) is 7.11 Å². The second-order valence-electron chi connectivity index (χ2n) is 5.47. The van der Waals surface area contributed by atoms with Crippen LogP contribution in [0, 0.1) is 0 Å². The van der Waals surface area contributed by atoms with Gasteiger partial charge in [-0.05, 0) is 24.1 Å². The fourth-order valence-corrected chi connectivity index (χ4v) is 2.43. The van der Waals surface area contributed by atoms with Gasteiger partial charge in [-0.15, -0.1) is 0 Å². The van der Waals surface area contributed by atoms with E-state index in [9.17, 15) is 4.79 Å². The number of aryl methyl sites for hydroxylation is 1. The average Bonchev–Trinajstić information content (AvgIpc) is 3.14. The van der Waals surface area contributed by atoms with Gasteiger partial charge < -0.3 is 14.6 Å². The van der Waals surface area contributed by atoms with Gasteiger partial charge in [0.05, 0.1) is 19.2 Å². The van der Waals surface area contributed by atoms with E-state index in [1.807, 2.05) is 54.6 Å². The van der Waals surface area contributed by atoms with Crippen molar-refractivity contribution in [3.8, 4) is 17.1 Å². The van der Waals surface area contributed by atoms with Crippen LogP contribution >= 0.6 is 0 Å². The van der Waals surface area contributed by atoms with Crippen molar-refractivity contribution in [1.29, 1.82) is 0 Å². The summed E-state index contributed by atoms with van der Waals surface area (Å²) in [6, 6.07) is 17.3. The number of methoxy groups -OCH3 is 1. The predicted octanol–water partition coefficient (Wildman–Crippen LogP) is 2.99. The van der Waals surface area contributed by atoms with Crippen LogP contribution in [0.3, 0.4) is 0 Å². The quantitative estimate of drug-likeness (QED) is 0.717. The lowest BCUT2D eigenvalue weighted by Gasteiger charge is -2.03. The van der Waals surface area contributed by atoms with Gasteiger partial charge in [0.1, 0.15) is 5.75 Å². The van der Waals surface area contributed by atoms with Crippen molar-refractivity contribution >= 4 is 5.91 Å². The van der Waals surface area contributed by atoms with Gasteiger partial charge in [-0.1, -0.05) is 47.6 Å². The summed E-state index contributed by atoms with van der Waals surface area (Å²) in [4.78, 5) is 16.3. The summed E-state index contributed by atoms with van der Waals surface area (Å²) in [6.07, 6.45) is 1.11. The zero-order chi connectivity index (χ0) is 17.5. The van der Waals surface area contributed by atoms with Crippen LogP contribution in [0.1, 0.15) is 17.9 Å². The minimum absolute atomic E-state index is 0.0547. The van der Waals surface area contributed by atoms with Crippen LogP contribution in [-0.2, 0) is 17.8 Å². The molecular weight excluding hydrogens is 318 g/mol. The number of rotatable bonds is 7. The third kappa shape index (κ3) is 4.44. The molecule has 3 aromatic rings. The van der Waals surface area contributed by atoms with E-state index in [2.05, 4.69) is 15.5 Å². The lowest BCUT2D eigenvalue weighted by molar-refractivity contribution is -0.121.